The fourth-order valence-electron chi connectivity index (χ4n) is 8.00. The minimum absolute atomic E-state index is 0. The van der Waals surface area contributed by atoms with Crippen LogP contribution in [0.15, 0.2) is 60.7 Å². The van der Waals surface area contributed by atoms with Gasteiger partial charge >= 0.3 is 0 Å². The second-order valence-corrected chi connectivity index (χ2v) is 15.6. The average molecular weight is 1030 g/mol. The fraction of sp³-hybridized carbons (Fsp3) is 0.409. The van der Waals surface area contributed by atoms with Crippen molar-refractivity contribution in [3.63, 3.8) is 0 Å². The van der Waals surface area contributed by atoms with Crippen molar-refractivity contribution >= 4 is 81.2 Å². The normalized spacial score (nSPS) is 13.1. The predicted molar refractivity (Wildman–Crippen MR) is 275 cm³/mol. The van der Waals surface area contributed by atoms with Crippen LogP contribution >= 0.6 is 48.0 Å². The highest BCUT2D eigenvalue weighted by atomic mass is 35.5. The number of hydrogen-bond acceptors (Lipinski definition) is 10. The molecule has 2 aliphatic heterocycles. The highest BCUT2D eigenvalue weighted by molar-refractivity contribution is 6.32. The van der Waals surface area contributed by atoms with Crippen molar-refractivity contribution in [3.05, 3.63) is 93.2 Å². The number of aromatic amines is 2. The SMILES string of the molecule is COc1cc2n[nH]c(CCN3CCN(c4cccc(Cl)c4C)CC3)c2cc1OC.COc1cc2n[nH]c(CCN3CCN(c4cccc(Cl)c4C)CC3)c2cc1OC.Cl.Cl.O.O.O.O.O.O.O. The molecule has 2 saturated heterocycles. The van der Waals surface area contributed by atoms with Gasteiger partial charge in [0, 0.05) is 134 Å². The second kappa shape index (κ2) is 30.7. The van der Waals surface area contributed by atoms with Gasteiger partial charge in [0.05, 0.1) is 39.5 Å². The van der Waals surface area contributed by atoms with Gasteiger partial charge in [0.2, 0.25) is 0 Å². The van der Waals surface area contributed by atoms with Gasteiger partial charge < -0.3 is 67.1 Å². The Morgan fingerprint density at radius 1 is 0.493 bits per heavy atom. The fourth-order valence-corrected chi connectivity index (χ4v) is 8.34. The van der Waals surface area contributed by atoms with Gasteiger partial charge in [-0.2, -0.15) is 10.2 Å². The second-order valence-electron chi connectivity index (χ2n) is 14.8. The van der Waals surface area contributed by atoms with Gasteiger partial charge in [0.1, 0.15) is 0 Å². The van der Waals surface area contributed by atoms with E-state index in [4.69, 9.17) is 42.1 Å². The smallest absolute Gasteiger partial charge is 0.162 e. The van der Waals surface area contributed by atoms with Gasteiger partial charge in [-0.15, -0.1) is 24.8 Å². The molecule has 8 rings (SSSR count). The molecule has 0 bridgehead atoms. The van der Waals surface area contributed by atoms with Crippen LogP contribution in [0.2, 0.25) is 10.0 Å². The van der Waals surface area contributed by atoms with Gasteiger partial charge in [-0.05, 0) is 61.4 Å². The maximum absolute atomic E-state index is 6.29. The minimum atomic E-state index is 0. The summed E-state index contributed by atoms with van der Waals surface area (Å²) in [7, 11) is 6.60. The van der Waals surface area contributed by atoms with Gasteiger partial charge in [-0.25, -0.2) is 0 Å². The third-order valence-corrected chi connectivity index (χ3v) is 12.4. The molecule has 0 unspecified atom stereocenters. The summed E-state index contributed by atoms with van der Waals surface area (Å²) in [4.78, 5) is 9.87. The lowest BCUT2D eigenvalue weighted by atomic mass is 10.1. The summed E-state index contributed by atoms with van der Waals surface area (Å²) >= 11 is 12.6. The molecule has 23 heteroatoms. The lowest BCUT2D eigenvalue weighted by molar-refractivity contribution is 0.260. The van der Waals surface area contributed by atoms with Crippen LogP contribution < -0.4 is 28.7 Å². The number of piperazine rings is 2. The lowest BCUT2D eigenvalue weighted by Crippen LogP contribution is -2.47. The Balaban J connectivity index is -0.00000108. The third kappa shape index (κ3) is 15.2. The number of methoxy groups -OCH3 is 4. The molecule has 19 nitrogen and oxygen atoms in total. The summed E-state index contributed by atoms with van der Waals surface area (Å²) in [6, 6.07) is 20.1. The number of anilines is 2. The van der Waals surface area contributed by atoms with Crippen molar-refractivity contribution in [1.82, 2.24) is 30.2 Å². The van der Waals surface area contributed by atoms with Crippen LogP contribution in [0.3, 0.4) is 0 Å². The maximum atomic E-state index is 6.29. The number of nitrogens with one attached hydrogen (secondary N) is 2. The molecule has 2 aromatic heterocycles. The quantitative estimate of drug-likeness (QED) is 0.181. The Labute approximate surface area is 413 Å². The number of aromatic nitrogens is 4. The Morgan fingerprint density at radius 2 is 0.806 bits per heavy atom. The average Bonchev–Trinajstić information content (AvgIpc) is 3.86. The number of H-pyrrole nitrogens is 2. The monoisotopic (exact) mass is 1030 g/mol. The summed E-state index contributed by atoms with van der Waals surface area (Å²) in [5, 5.41) is 19.1. The summed E-state index contributed by atoms with van der Waals surface area (Å²) in [5.41, 5.74) is 8.89. The molecule has 0 aliphatic carbocycles. The number of hydrogen-bond donors (Lipinski definition) is 2. The van der Waals surface area contributed by atoms with E-state index in [1.54, 1.807) is 28.4 Å². The standard InChI is InChI=1S/2C22H27ClN4O2.2ClH.7H2O/c2*1-15-17(23)5-4-6-20(15)27-11-9-26(10-12-27)8-7-18-16-13-21(28-2)22(29-3)14-19(16)25-24-18;;;;;;;;;/h2*4-6,13-14H,7-12H2,1-3H3,(H,24,25);2*1H;7*1H2. The zero-order chi connectivity index (χ0) is 40.8. The number of nitrogens with zero attached hydrogens (tertiary/aromatic N) is 6. The lowest BCUT2D eigenvalue weighted by Gasteiger charge is -2.36. The van der Waals surface area contributed by atoms with Crippen molar-refractivity contribution in [2.45, 2.75) is 26.7 Å². The first-order chi connectivity index (χ1) is 28.2. The number of benzene rings is 4. The molecule has 6 aromatic rings. The van der Waals surface area contributed by atoms with Gasteiger partial charge in [0.15, 0.2) is 23.0 Å². The largest absolute Gasteiger partial charge is 0.493 e. The third-order valence-electron chi connectivity index (χ3n) is 11.5. The molecule has 380 valence electrons. The number of rotatable bonds is 12. The van der Waals surface area contributed by atoms with Gasteiger partial charge in [-0.3, -0.25) is 20.0 Å². The van der Waals surface area contributed by atoms with E-state index in [0.717, 1.165) is 144 Å². The Kier molecular flexibility index (Phi) is 30.6. The molecule has 0 spiro atoms. The molecule has 0 radical (unpaired) electrons. The maximum Gasteiger partial charge on any atom is 0.162 e. The first-order valence-corrected chi connectivity index (χ1v) is 20.6. The molecule has 0 atom stereocenters. The van der Waals surface area contributed by atoms with E-state index in [1.807, 2.05) is 48.5 Å². The Morgan fingerprint density at radius 3 is 1.12 bits per heavy atom. The zero-order valence-corrected chi connectivity index (χ0v) is 41.8. The van der Waals surface area contributed by atoms with E-state index >= 15 is 0 Å². The summed E-state index contributed by atoms with van der Waals surface area (Å²) in [6.45, 7) is 14.4. The highest BCUT2D eigenvalue weighted by Crippen LogP contribution is 2.35. The van der Waals surface area contributed by atoms with Gasteiger partial charge in [-0.1, -0.05) is 35.3 Å². The van der Waals surface area contributed by atoms with Crippen LogP contribution in [0.4, 0.5) is 11.4 Å². The van der Waals surface area contributed by atoms with E-state index < -0.39 is 0 Å². The number of ether oxygens (including phenoxy) is 4. The molecule has 4 heterocycles. The molecular weight excluding hydrogens is 958 g/mol. The van der Waals surface area contributed by atoms with Crippen LogP contribution in [0.1, 0.15) is 22.5 Å². The molecule has 67 heavy (non-hydrogen) atoms. The molecule has 0 amide bonds. The zero-order valence-electron chi connectivity index (χ0n) is 38.6. The first-order valence-electron chi connectivity index (χ1n) is 19.8. The topological polar surface area (TPSA) is 328 Å². The van der Waals surface area contributed by atoms with E-state index in [2.05, 4.69) is 66.0 Å². The minimum Gasteiger partial charge on any atom is -0.493 e. The van der Waals surface area contributed by atoms with E-state index in [9.17, 15) is 0 Å². The van der Waals surface area contributed by atoms with Crippen LogP contribution in [0.5, 0.6) is 23.0 Å². The summed E-state index contributed by atoms with van der Waals surface area (Å²) in [5.74, 6) is 2.86. The van der Waals surface area contributed by atoms with Crippen molar-refractivity contribution in [2.75, 3.05) is 104 Å². The first kappa shape index (κ1) is 66.7. The van der Waals surface area contributed by atoms with E-state index in [0.29, 0.717) is 11.5 Å². The van der Waals surface area contributed by atoms with Crippen molar-refractivity contribution < 1.29 is 57.3 Å². The van der Waals surface area contributed by atoms with Crippen molar-refractivity contribution in [1.29, 1.82) is 0 Å². The molecular formula is C44H70Cl4N8O11. The van der Waals surface area contributed by atoms with Gasteiger partial charge in [0.25, 0.3) is 0 Å². The highest BCUT2D eigenvalue weighted by Gasteiger charge is 2.22. The van der Waals surface area contributed by atoms with Crippen LogP contribution in [-0.2, 0) is 12.8 Å². The van der Waals surface area contributed by atoms with Crippen molar-refractivity contribution in [2.24, 2.45) is 0 Å². The van der Waals surface area contributed by atoms with Crippen LogP contribution in [0.25, 0.3) is 21.8 Å². The number of fused-ring (bicyclic) bond motifs is 2. The van der Waals surface area contributed by atoms with Crippen molar-refractivity contribution in [3.8, 4) is 23.0 Å². The van der Waals surface area contributed by atoms with Crippen LogP contribution in [-0.4, -0.2) is 162 Å². The number of halogens is 4. The molecule has 0 saturated carbocycles. The summed E-state index contributed by atoms with van der Waals surface area (Å²) in [6.07, 6.45) is 1.84. The van der Waals surface area contributed by atoms with E-state index in [-0.39, 0.29) is 63.1 Å². The Hall–Kier alpha value is -4.58. The molecule has 16 N–H and O–H groups in total. The summed E-state index contributed by atoms with van der Waals surface area (Å²) < 4.78 is 21.6. The molecule has 2 aliphatic rings. The molecule has 4 aromatic carbocycles. The van der Waals surface area contributed by atoms with E-state index in [1.165, 1.54) is 11.4 Å². The predicted octanol–water partition coefficient (Wildman–Crippen LogP) is 2.88. The van der Waals surface area contributed by atoms with Crippen LogP contribution in [0, 0.1) is 13.8 Å². The Bertz CT molecular complexity index is 2180. The molecule has 2 fully saturated rings.